The summed E-state index contributed by atoms with van der Waals surface area (Å²) in [4.78, 5) is 2.36. The van der Waals surface area contributed by atoms with E-state index in [9.17, 15) is 0 Å². The van der Waals surface area contributed by atoms with Crippen molar-refractivity contribution < 1.29 is 0 Å². The quantitative estimate of drug-likeness (QED) is 0.378. The third kappa shape index (κ3) is 1.68. The van der Waals surface area contributed by atoms with E-state index >= 15 is 0 Å². The van der Waals surface area contributed by atoms with Crippen LogP contribution in [0.1, 0.15) is 11.1 Å². The van der Waals surface area contributed by atoms with Gasteiger partial charge in [0.1, 0.15) is 0 Å². The van der Waals surface area contributed by atoms with Gasteiger partial charge < -0.3 is 4.90 Å². The van der Waals surface area contributed by atoms with Gasteiger partial charge in [0.05, 0.1) is 5.69 Å². The fourth-order valence-corrected chi connectivity index (χ4v) is 4.06. The van der Waals surface area contributed by atoms with E-state index in [2.05, 4.69) is 84.7 Å². The highest BCUT2D eigenvalue weighted by atomic mass is 15.1. The van der Waals surface area contributed by atoms with Gasteiger partial charge in [0, 0.05) is 24.5 Å². The summed E-state index contributed by atoms with van der Waals surface area (Å²) in [5.74, 6) is 0. The number of rotatable bonds is 0. The van der Waals surface area contributed by atoms with Crippen molar-refractivity contribution in [2.45, 2.75) is 6.42 Å². The number of hydrogen-bond acceptors (Lipinski definition) is 1. The van der Waals surface area contributed by atoms with Crippen molar-refractivity contribution in [2.24, 2.45) is 0 Å². The van der Waals surface area contributed by atoms with Crippen molar-refractivity contribution in [2.75, 3.05) is 11.9 Å². The minimum Gasteiger partial charge on any atom is -0.344 e. The second-order valence-corrected chi connectivity index (χ2v) is 6.28. The normalized spacial score (nSPS) is 13.2. The summed E-state index contributed by atoms with van der Waals surface area (Å²) in [6.45, 7) is 0. The summed E-state index contributed by atoms with van der Waals surface area (Å²) in [6.07, 6.45) is 1.00. The molecule has 0 saturated heterocycles. The molecule has 0 amide bonds. The third-order valence-corrected chi connectivity index (χ3v) is 5.07. The van der Waals surface area contributed by atoms with E-state index in [1.165, 1.54) is 44.0 Å². The highest BCUT2D eigenvalue weighted by Gasteiger charge is 2.24. The second kappa shape index (κ2) is 4.60. The van der Waals surface area contributed by atoms with E-state index < -0.39 is 0 Å². The van der Waals surface area contributed by atoms with Gasteiger partial charge in [-0.15, -0.1) is 0 Å². The van der Waals surface area contributed by atoms with E-state index in [1.807, 2.05) is 0 Å². The minimum atomic E-state index is 1.00. The van der Waals surface area contributed by atoms with Crippen LogP contribution in [0.4, 0.5) is 11.4 Å². The molecule has 0 saturated carbocycles. The molecule has 1 heteroatoms. The summed E-state index contributed by atoms with van der Waals surface area (Å²) in [7, 11) is 2.19. The van der Waals surface area contributed by atoms with Crippen LogP contribution in [0.25, 0.3) is 21.5 Å². The van der Waals surface area contributed by atoms with Gasteiger partial charge in [0.2, 0.25) is 0 Å². The number of para-hydroxylation sites is 1. The first-order chi connectivity index (χ1) is 11.3. The Bertz CT molecular complexity index is 1060. The average molecular weight is 295 g/mol. The lowest BCUT2D eigenvalue weighted by Gasteiger charge is -2.32. The molecule has 0 fully saturated rings. The molecule has 0 spiro atoms. The van der Waals surface area contributed by atoms with Crippen LogP contribution in [0.2, 0.25) is 0 Å². The lowest BCUT2D eigenvalue weighted by molar-refractivity contribution is 1.07. The van der Waals surface area contributed by atoms with Crippen LogP contribution in [-0.2, 0) is 6.42 Å². The van der Waals surface area contributed by atoms with Crippen LogP contribution in [0, 0.1) is 0 Å². The molecule has 23 heavy (non-hydrogen) atoms. The lowest BCUT2D eigenvalue weighted by atomic mass is 9.88. The van der Waals surface area contributed by atoms with Crippen molar-refractivity contribution in [3.05, 3.63) is 83.9 Å². The minimum absolute atomic E-state index is 1.00. The van der Waals surface area contributed by atoms with Gasteiger partial charge in [-0.3, -0.25) is 0 Å². The fraction of sp³-hybridized carbons (Fsp3) is 0.0909. The molecule has 0 aliphatic carbocycles. The summed E-state index contributed by atoms with van der Waals surface area (Å²) in [6, 6.07) is 26.3. The molecule has 0 atom stereocenters. The largest absolute Gasteiger partial charge is 0.344 e. The Hall–Kier alpha value is -2.80. The summed E-state index contributed by atoms with van der Waals surface area (Å²) >= 11 is 0. The van der Waals surface area contributed by atoms with Gasteiger partial charge in [0.25, 0.3) is 0 Å². The topological polar surface area (TPSA) is 3.24 Å². The van der Waals surface area contributed by atoms with Crippen LogP contribution >= 0.6 is 0 Å². The van der Waals surface area contributed by atoms with Crippen molar-refractivity contribution in [1.29, 1.82) is 0 Å². The Morgan fingerprint density at radius 2 is 1.22 bits per heavy atom. The van der Waals surface area contributed by atoms with E-state index in [1.54, 1.807) is 0 Å². The molecule has 4 aromatic carbocycles. The monoisotopic (exact) mass is 295 g/mol. The summed E-state index contributed by atoms with van der Waals surface area (Å²) < 4.78 is 0. The Morgan fingerprint density at radius 3 is 2.00 bits per heavy atom. The zero-order chi connectivity index (χ0) is 15.4. The summed E-state index contributed by atoms with van der Waals surface area (Å²) in [5, 5.41) is 5.42. The molecule has 0 radical (unpaired) electrons. The fourth-order valence-electron chi connectivity index (χ4n) is 4.06. The van der Waals surface area contributed by atoms with Crippen molar-refractivity contribution in [1.82, 2.24) is 0 Å². The predicted octanol–water partition coefficient (Wildman–Crippen LogP) is 5.67. The molecule has 4 aromatic rings. The predicted molar refractivity (Wildman–Crippen MR) is 98.8 cm³/mol. The van der Waals surface area contributed by atoms with Gasteiger partial charge in [-0.05, 0) is 33.4 Å². The van der Waals surface area contributed by atoms with E-state index in [0.29, 0.717) is 0 Å². The summed E-state index contributed by atoms with van der Waals surface area (Å²) in [5.41, 5.74) is 5.53. The van der Waals surface area contributed by atoms with Crippen molar-refractivity contribution in [3.8, 4) is 0 Å². The molecule has 1 aliphatic rings. The molecule has 1 aliphatic heterocycles. The molecule has 1 heterocycles. The number of benzene rings is 4. The van der Waals surface area contributed by atoms with Gasteiger partial charge in [-0.25, -0.2) is 0 Å². The number of anilines is 2. The van der Waals surface area contributed by atoms with Crippen molar-refractivity contribution >= 4 is 32.9 Å². The molecule has 0 bridgehead atoms. The molecule has 1 nitrogen and oxygen atoms in total. The molecule has 5 rings (SSSR count). The van der Waals surface area contributed by atoms with E-state index in [0.717, 1.165) is 6.42 Å². The smallest absolute Gasteiger partial charge is 0.0530 e. The first-order valence-corrected chi connectivity index (χ1v) is 8.08. The molecule has 0 aromatic heterocycles. The first-order valence-electron chi connectivity index (χ1n) is 8.08. The van der Waals surface area contributed by atoms with Gasteiger partial charge in [-0.2, -0.15) is 0 Å². The maximum atomic E-state index is 2.36. The lowest BCUT2D eigenvalue weighted by Crippen LogP contribution is -2.19. The molecular weight excluding hydrogens is 278 g/mol. The maximum Gasteiger partial charge on any atom is 0.0530 e. The Balaban J connectivity index is 1.98. The standard InChI is InChI=1S/C22H17N/c1-23-21-13-7-2-8-15(21)14-20-18-11-4-3-9-16(18)17-10-5-6-12-19(17)22(20)23/h2-13H,14H2,1H3. The van der Waals surface area contributed by atoms with Crippen molar-refractivity contribution in [3.63, 3.8) is 0 Å². The van der Waals surface area contributed by atoms with Gasteiger partial charge >= 0.3 is 0 Å². The Morgan fingerprint density at radius 1 is 0.652 bits per heavy atom. The van der Waals surface area contributed by atoms with Crippen LogP contribution in [0.15, 0.2) is 72.8 Å². The second-order valence-electron chi connectivity index (χ2n) is 6.28. The van der Waals surface area contributed by atoms with Crippen LogP contribution in [0.5, 0.6) is 0 Å². The average Bonchev–Trinajstić information content (AvgIpc) is 2.62. The molecule has 110 valence electrons. The SMILES string of the molecule is CN1c2ccccc2Cc2c1c1ccccc1c1ccccc21. The Labute approximate surface area is 135 Å². The molecule has 0 unspecified atom stereocenters. The van der Waals surface area contributed by atoms with Crippen LogP contribution < -0.4 is 4.90 Å². The van der Waals surface area contributed by atoms with E-state index in [-0.39, 0.29) is 0 Å². The molecular formula is C22H17N. The van der Waals surface area contributed by atoms with Gasteiger partial charge in [-0.1, -0.05) is 66.7 Å². The number of fused-ring (bicyclic) bond motifs is 7. The number of hydrogen-bond donors (Lipinski definition) is 0. The Kier molecular flexibility index (Phi) is 2.54. The third-order valence-electron chi connectivity index (χ3n) is 5.07. The maximum absolute atomic E-state index is 2.36. The first kappa shape index (κ1) is 12.7. The highest BCUT2D eigenvalue weighted by molar-refractivity contribution is 6.16. The van der Waals surface area contributed by atoms with Crippen LogP contribution in [0.3, 0.4) is 0 Å². The number of nitrogens with zero attached hydrogens (tertiary/aromatic N) is 1. The van der Waals surface area contributed by atoms with Gasteiger partial charge in [0.15, 0.2) is 0 Å². The highest BCUT2D eigenvalue weighted by Crippen LogP contribution is 2.45. The van der Waals surface area contributed by atoms with Crippen LogP contribution in [-0.4, -0.2) is 7.05 Å². The molecule has 0 N–H and O–H groups in total. The zero-order valence-corrected chi connectivity index (χ0v) is 13.1. The van der Waals surface area contributed by atoms with E-state index in [4.69, 9.17) is 0 Å². The zero-order valence-electron chi connectivity index (χ0n) is 13.1.